The van der Waals surface area contributed by atoms with Gasteiger partial charge in [-0.1, -0.05) is 50.1 Å². The second kappa shape index (κ2) is 7.29. The van der Waals surface area contributed by atoms with Crippen molar-refractivity contribution in [1.82, 2.24) is 0 Å². The average Bonchev–Trinajstić information content (AvgIpc) is 2.57. The second-order valence-electron chi connectivity index (χ2n) is 6.60. The van der Waals surface area contributed by atoms with Gasteiger partial charge in [0, 0.05) is 0 Å². The first kappa shape index (κ1) is 16.9. The largest absolute Gasteiger partial charge is 0.432 e. The standard InChI is InChI=1S/C20H21F3O/c1-13-2-4-14(5-3-13)15-6-8-16(9-7-15)17-10-11-19(18(21)12-17)24-20(22)23/h6-14,20H,2-5H2,1H3. The minimum Gasteiger partial charge on any atom is -0.432 e. The maximum Gasteiger partial charge on any atom is 0.387 e. The highest BCUT2D eigenvalue weighted by molar-refractivity contribution is 5.64. The maximum absolute atomic E-state index is 13.8. The molecule has 0 saturated heterocycles. The van der Waals surface area contributed by atoms with Gasteiger partial charge < -0.3 is 4.74 Å². The van der Waals surface area contributed by atoms with Crippen molar-refractivity contribution in [2.45, 2.75) is 45.1 Å². The molecule has 0 unspecified atom stereocenters. The van der Waals surface area contributed by atoms with E-state index in [0.29, 0.717) is 11.5 Å². The molecule has 0 radical (unpaired) electrons. The Morgan fingerprint density at radius 2 is 1.54 bits per heavy atom. The lowest BCUT2D eigenvalue weighted by atomic mass is 9.79. The topological polar surface area (TPSA) is 9.23 Å². The van der Waals surface area contributed by atoms with Crippen LogP contribution >= 0.6 is 0 Å². The van der Waals surface area contributed by atoms with Gasteiger partial charge in [0.25, 0.3) is 0 Å². The highest BCUT2D eigenvalue weighted by Crippen LogP contribution is 2.36. The van der Waals surface area contributed by atoms with Crippen molar-refractivity contribution in [3.05, 3.63) is 53.8 Å². The molecule has 0 amide bonds. The summed E-state index contributed by atoms with van der Waals surface area (Å²) in [7, 11) is 0. The van der Waals surface area contributed by atoms with Crippen LogP contribution in [-0.4, -0.2) is 6.61 Å². The van der Waals surface area contributed by atoms with Crippen LogP contribution in [0.25, 0.3) is 11.1 Å². The molecule has 2 aromatic carbocycles. The summed E-state index contributed by atoms with van der Waals surface area (Å²) in [4.78, 5) is 0. The zero-order valence-electron chi connectivity index (χ0n) is 13.6. The van der Waals surface area contributed by atoms with Crippen LogP contribution in [0, 0.1) is 11.7 Å². The number of alkyl halides is 2. The molecule has 3 rings (SSSR count). The fraction of sp³-hybridized carbons (Fsp3) is 0.400. The van der Waals surface area contributed by atoms with Gasteiger partial charge in [-0.15, -0.1) is 0 Å². The van der Waals surface area contributed by atoms with E-state index in [4.69, 9.17) is 0 Å². The minimum absolute atomic E-state index is 0.429. The Balaban J connectivity index is 1.74. The van der Waals surface area contributed by atoms with Crippen molar-refractivity contribution < 1.29 is 17.9 Å². The fourth-order valence-electron chi connectivity index (χ4n) is 3.41. The summed E-state index contributed by atoms with van der Waals surface area (Å²) >= 11 is 0. The van der Waals surface area contributed by atoms with E-state index < -0.39 is 18.2 Å². The molecule has 0 spiro atoms. The predicted molar refractivity (Wildman–Crippen MR) is 88.8 cm³/mol. The van der Waals surface area contributed by atoms with Crippen molar-refractivity contribution in [2.75, 3.05) is 0 Å². The van der Waals surface area contributed by atoms with Gasteiger partial charge in [-0.2, -0.15) is 8.78 Å². The van der Waals surface area contributed by atoms with E-state index in [-0.39, 0.29) is 0 Å². The van der Waals surface area contributed by atoms with Crippen LogP contribution in [0.3, 0.4) is 0 Å². The van der Waals surface area contributed by atoms with Crippen molar-refractivity contribution in [2.24, 2.45) is 5.92 Å². The maximum atomic E-state index is 13.8. The first-order valence-corrected chi connectivity index (χ1v) is 8.37. The third-order valence-corrected chi connectivity index (χ3v) is 4.88. The SMILES string of the molecule is CC1CCC(c2ccc(-c3ccc(OC(F)F)c(F)c3)cc2)CC1. The Kier molecular flexibility index (Phi) is 5.12. The zero-order chi connectivity index (χ0) is 17.1. The minimum atomic E-state index is -3.03. The smallest absolute Gasteiger partial charge is 0.387 e. The van der Waals surface area contributed by atoms with Crippen LogP contribution in [0.5, 0.6) is 5.75 Å². The van der Waals surface area contributed by atoms with Gasteiger partial charge in [0.2, 0.25) is 0 Å². The normalized spacial score (nSPS) is 21.0. The Morgan fingerprint density at radius 3 is 2.12 bits per heavy atom. The van der Waals surface area contributed by atoms with Gasteiger partial charge in [0.05, 0.1) is 0 Å². The predicted octanol–water partition coefficient (Wildman–Crippen LogP) is 6.39. The van der Waals surface area contributed by atoms with Gasteiger partial charge in [-0.25, -0.2) is 4.39 Å². The van der Waals surface area contributed by atoms with Crippen LogP contribution < -0.4 is 4.74 Å². The molecular formula is C20H21F3O. The summed E-state index contributed by atoms with van der Waals surface area (Å²) in [6, 6.07) is 12.2. The molecule has 4 heteroatoms. The van der Waals surface area contributed by atoms with Crippen molar-refractivity contribution in [3.8, 4) is 16.9 Å². The monoisotopic (exact) mass is 334 g/mol. The van der Waals surface area contributed by atoms with E-state index >= 15 is 0 Å². The molecule has 0 heterocycles. The highest BCUT2D eigenvalue weighted by atomic mass is 19.3. The van der Waals surface area contributed by atoms with Gasteiger partial charge in [-0.05, 0) is 53.5 Å². The fourth-order valence-corrected chi connectivity index (χ4v) is 3.41. The van der Waals surface area contributed by atoms with E-state index in [1.54, 1.807) is 6.07 Å². The Labute approximate surface area is 140 Å². The molecule has 0 N–H and O–H groups in total. The van der Waals surface area contributed by atoms with Gasteiger partial charge in [-0.3, -0.25) is 0 Å². The van der Waals surface area contributed by atoms with E-state index in [0.717, 1.165) is 11.5 Å². The lowest BCUT2D eigenvalue weighted by molar-refractivity contribution is -0.0521. The molecule has 0 aromatic heterocycles. The van der Waals surface area contributed by atoms with E-state index in [1.165, 1.54) is 43.4 Å². The molecule has 0 bridgehead atoms. The Hall–Kier alpha value is -1.97. The Morgan fingerprint density at radius 1 is 0.917 bits per heavy atom. The van der Waals surface area contributed by atoms with Crippen LogP contribution in [-0.2, 0) is 0 Å². The van der Waals surface area contributed by atoms with Crippen molar-refractivity contribution >= 4 is 0 Å². The summed E-state index contributed by atoms with van der Waals surface area (Å²) < 4.78 is 42.3. The zero-order valence-corrected chi connectivity index (χ0v) is 13.6. The summed E-state index contributed by atoms with van der Waals surface area (Å²) in [5.41, 5.74) is 2.84. The van der Waals surface area contributed by atoms with Crippen molar-refractivity contribution in [1.29, 1.82) is 0 Å². The molecule has 0 aliphatic heterocycles. The number of hydrogen-bond acceptors (Lipinski definition) is 1. The molecule has 0 atom stereocenters. The van der Waals surface area contributed by atoms with Gasteiger partial charge in [0.1, 0.15) is 0 Å². The van der Waals surface area contributed by atoms with E-state index in [2.05, 4.69) is 23.8 Å². The summed E-state index contributed by atoms with van der Waals surface area (Å²) in [6.07, 6.45) is 4.97. The molecule has 1 aliphatic carbocycles. The van der Waals surface area contributed by atoms with Crippen LogP contribution in [0.1, 0.15) is 44.1 Å². The van der Waals surface area contributed by atoms with Crippen LogP contribution in [0.15, 0.2) is 42.5 Å². The molecule has 1 fully saturated rings. The molecule has 2 aromatic rings. The lowest BCUT2D eigenvalue weighted by Gasteiger charge is -2.26. The molecule has 1 aliphatic rings. The third-order valence-electron chi connectivity index (χ3n) is 4.88. The van der Waals surface area contributed by atoms with Gasteiger partial charge >= 0.3 is 6.61 Å². The van der Waals surface area contributed by atoms with Gasteiger partial charge in [0.15, 0.2) is 11.6 Å². The number of ether oxygens (including phenoxy) is 1. The van der Waals surface area contributed by atoms with E-state index in [1.807, 2.05) is 12.1 Å². The Bertz CT molecular complexity index is 674. The molecular weight excluding hydrogens is 313 g/mol. The lowest BCUT2D eigenvalue weighted by Crippen LogP contribution is -2.10. The molecule has 1 saturated carbocycles. The first-order valence-electron chi connectivity index (χ1n) is 8.37. The molecule has 24 heavy (non-hydrogen) atoms. The van der Waals surface area contributed by atoms with Crippen LogP contribution in [0.2, 0.25) is 0 Å². The summed E-state index contributed by atoms with van der Waals surface area (Å²) in [6.45, 7) is -0.724. The number of halogens is 3. The molecule has 1 nitrogen and oxygen atoms in total. The van der Waals surface area contributed by atoms with Crippen LogP contribution in [0.4, 0.5) is 13.2 Å². The number of rotatable bonds is 4. The second-order valence-corrected chi connectivity index (χ2v) is 6.60. The number of benzene rings is 2. The first-order chi connectivity index (χ1) is 11.5. The third kappa shape index (κ3) is 3.92. The van der Waals surface area contributed by atoms with E-state index in [9.17, 15) is 13.2 Å². The summed E-state index contributed by atoms with van der Waals surface area (Å²) in [5.74, 6) is 0.214. The highest BCUT2D eigenvalue weighted by Gasteiger charge is 2.19. The van der Waals surface area contributed by atoms with Crippen molar-refractivity contribution in [3.63, 3.8) is 0 Å². The quantitative estimate of drug-likeness (QED) is 0.629. The molecule has 128 valence electrons. The average molecular weight is 334 g/mol. The summed E-state index contributed by atoms with van der Waals surface area (Å²) in [5, 5.41) is 0. The number of hydrogen-bond donors (Lipinski definition) is 0.